The second kappa shape index (κ2) is 5.73. The van der Waals surface area contributed by atoms with Crippen LogP contribution in [0.3, 0.4) is 0 Å². The van der Waals surface area contributed by atoms with E-state index in [9.17, 15) is 18.0 Å². The van der Waals surface area contributed by atoms with Gasteiger partial charge in [-0.2, -0.15) is 18.2 Å². The molecule has 9 heteroatoms. The van der Waals surface area contributed by atoms with Crippen molar-refractivity contribution in [3.63, 3.8) is 0 Å². The Hall–Kier alpha value is -2.71. The maximum atomic E-state index is 12.3. The lowest BCUT2D eigenvalue weighted by atomic mass is 10.1. The molecular weight excluding hydrogens is 289 g/mol. The number of hydrogen-bond acceptors (Lipinski definition) is 5. The summed E-state index contributed by atoms with van der Waals surface area (Å²) in [6.45, 7) is 0.0976. The molecule has 0 aliphatic heterocycles. The molecule has 1 heterocycles. The zero-order valence-electron chi connectivity index (χ0n) is 10.4. The Bertz CT molecular complexity index is 649. The van der Waals surface area contributed by atoms with Gasteiger partial charge in [-0.3, -0.25) is 4.79 Å². The number of aromatic nitrogens is 2. The normalized spacial score (nSPS) is 11.2. The molecule has 0 saturated carbocycles. The fourth-order valence-corrected chi connectivity index (χ4v) is 1.47. The highest BCUT2D eigenvalue weighted by Crippen LogP contribution is 2.29. The minimum Gasteiger partial charge on any atom is -0.347 e. The highest BCUT2D eigenvalue weighted by molar-refractivity contribution is 5.95. The molecule has 0 saturated heterocycles. The van der Waals surface area contributed by atoms with Crippen LogP contribution in [0.15, 0.2) is 28.8 Å². The fraction of sp³-hybridized carbons (Fsp3) is 0.167. The summed E-state index contributed by atoms with van der Waals surface area (Å²) in [7, 11) is 0. The second-order valence-electron chi connectivity index (χ2n) is 3.91. The number of nitrogens with zero attached hydrogens (tertiary/aromatic N) is 2. The topological polar surface area (TPSA) is 91.9 Å². The van der Waals surface area contributed by atoms with E-state index in [-0.39, 0.29) is 17.9 Å². The van der Waals surface area contributed by atoms with Crippen molar-refractivity contribution in [1.29, 1.82) is 5.41 Å². The Labute approximate surface area is 116 Å². The Morgan fingerprint density at radius 1 is 1.33 bits per heavy atom. The number of alkyl halides is 3. The van der Waals surface area contributed by atoms with Crippen molar-refractivity contribution in [2.24, 2.45) is 0 Å². The van der Waals surface area contributed by atoms with Gasteiger partial charge in [0.2, 0.25) is 5.82 Å². The van der Waals surface area contributed by atoms with E-state index in [1.165, 1.54) is 24.3 Å². The van der Waals surface area contributed by atoms with Gasteiger partial charge >= 0.3 is 12.1 Å². The zero-order chi connectivity index (χ0) is 15.5. The molecule has 110 valence electrons. The van der Waals surface area contributed by atoms with Crippen LogP contribution in [0.5, 0.6) is 0 Å². The molecular formula is C12H9F3N4O2. The summed E-state index contributed by atoms with van der Waals surface area (Å²) in [4.78, 5) is 14.8. The quantitative estimate of drug-likeness (QED) is 0.846. The van der Waals surface area contributed by atoms with Crippen LogP contribution in [0, 0.1) is 5.41 Å². The van der Waals surface area contributed by atoms with Crippen molar-refractivity contribution in [1.82, 2.24) is 15.5 Å². The molecule has 1 aromatic heterocycles. The van der Waals surface area contributed by atoms with Crippen LogP contribution in [0.4, 0.5) is 13.2 Å². The lowest BCUT2D eigenvalue weighted by Gasteiger charge is -2.02. The molecule has 2 N–H and O–H groups in total. The zero-order valence-corrected chi connectivity index (χ0v) is 10.4. The SMILES string of the molecule is N=CCNC(=O)c1ccc(-c2noc(C(F)(F)F)n2)cc1. The average Bonchev–Trinajstić information content (AvgIpc) is 2.95. The highest BCUT2D eigenvalue weighted by atomic mass is 19.4. The molecule has 0 radical (unpaired) electrons. The number of halogens is 3. The summed E-state index contributed by atoms with van der Waals surface area (Å²) in [5.74, 6) is -2.03. The van der Waals surface area contributed by atoms with Crippen LogP contribution in [0.2, 0.25) is 0 Å². The third kappa shape index (κ3) is 3.44. The smallest absolute Gasteiger partial charge is 0.347 e. The molecule has 1 amide bonds. The van der Waals surface area contributed by atoms with Crippen LogP contribution >= 0.6 is 0 Å². The molecule has 0 unspecified atom stereocenters. The van der Waals surface area contributed by atoms with Gasteiger partial charge in [-0.05, 0) is 12.1 Å². The maximum Gasteiger partial charge on any atom is 0.471 e. The minimum absolute atomic E-state index is 0.0976. The second-order valence-corrected chi connectivity index (χ2v) is 3.91. The molecule has 2 aromatic rings. The molecule has 1 aromatic carbocycles. The summed E-state index contributed by atoms with van der Waals surface area (Å²) in [6.07, 6.45) is -3.66. The van der Waals surface area contributed by atoms with Gasteiger partial charge in [-0.25, -0.2) is 0 Å². The summed E-state index contributed by atoms with van der Waals surface area (Å²) in [6, 6.07) is 5.64. The number of hydrogen-bond donors (Lipinski definition) is 2. The number of carbonyl (C=O) groups is 1. The number of carbonyl (C=O) groups excluding carboxylic acids is 1. The highest BCUT2D eigenvalue weighted by Gasteiger charge is 2.38. The van der Waals surface area contributed by atoms with Gasteiger partial charge in [-0.15, -0.1) is 0 Å². The monoisotopic (exact) mass is 298 g/mol. The number of benzene rings is 1. The van der Waals surface area contributed by atoms with Gasteiger partial charge in [0.1, 0.15) is 0 Å². The fourth-order valence-electron chi connectivity index (χ4n) is 1.47. The summed E-state index contributed by atoms with van der Waals surface area (Å²) < 4.78 is 41.1. The number of rotatable bonds is 4. The van der Waals surface area contributed by atoms with Gasteiger partial charge in [0.25, 0.3) is 5.91 Å². The van der Waals surface area contributed by atoms with Crippen molar-refractivity contribution < 1.29 is 22.5 Å². The van der Waals surface area contributed by atoms with E-state index >= 15 is 0 Å². The molecule has 0 fully saturated rings. The maximum absolute atomic E-state index is 12.3. The molecule has 21 heavy (non-hydrogen) atoms. The van der Waals surface area contributed by atoms with Crippen LogP contribution in [-0.2, 0) is 6.18 Å². The number of nitrogens with one attached hydrogen (secondary N) is 2. The molecule has 0 aliphatic carbocycles. The first-order valence-electron chi connectivity index (χ1n) is 5.70. The minimum atomic E-state index is -4.70. The van der Waals surface area contributed by atoms with E-state index in [4.69, 9.17) is 5.41 Å². The van der Waals surface area contributed by atoms with Gasteiger partial charge in [-0.1, -0.05) is 17.3 Å². The van der Waals surface area contributed by atoms with E-state index in [1.807, 2.05) is 0 Å². The Morgan fingerprint density at radius 2 is 2.00 bits per heavy atom. The first-order chi connectivity index (χ1) is 9.91. The van der Waals surface area contributed by atoms with Gasteiger partial charge in [0.05, 0.1) is 6.54 Å². The third-order valence-electron chi connectivity index (χ3n) is 2.44. The van der Waals surface area contributed by atoms with Gasteiger partial charge < -0.3 is 15.2 Å². The van der Waals surface area contributed by atoms with Crippen molar-refractivity contribution >= 4 is 12.1 Å². The lowest BCUT2D eigenvalue weighted by Crippen LogP contribution is -2.24. The van der Waals surface area contributed by atoms with E-state index in [0.29, 0.717) is 5.56 Å². The van der Waals surface area contributed by atoms with E-state index < -0.39 is 18.0 Å². The van der Waals surface area contributed by atoms with Crippen LogP contribution in [-0.4, -0.2) is 28.8 Å². The summed E-state index contributed by atoms with van der Waals surface area (Å²) >= 11 is 0. The molecule has 0 bridgehead atoms. The molecule has 0 aliphatic rings. The number of amides is 1. The van der Waals surface area contributed by atoms with E-state index in [0.717, 1.165) is 6.21 Å². The molecule has 0 spiro atoms. The Kier molecular flexibility index (Phi) is 4.01. The third-order valence-corrected chi connectivity index (χ3v) is 2.44. The van der Waals surface area contributed by atoms with E-state index in [2.05, 4.69) is 20.0 Å². The standard InChI is InChI=1S/C12H9F3N4O2/c13-12(14,15)11-18-9(19-21-11)7-1-3-8(4-2-7)10(20)17-6-5-16/h1-5,16H,6H2,(H,17,20). The Morgan fingerprint density at radius 3 is 2.52 bits per heavy atom. The first-order valence-corrected chi connectivity index (χ1v) is 5.70. The largest absolute Gasteiger partial charge is 0.471 e. The van der Waals surface area contributed by atoms with Crippen LogP contribution in [0.25, 0.3) is 11.4 Å². The van der Waals surface area contributed by atoms with Crippen molar-refractivity contribution in [3.8, 4) is 11.4 Å². The van der Waals surface area contributed by atoms with Crippen molar-refractivity contribution in [3.05, 3.63) is 35.7 Å². The molecule has 2 rings (SSSR count). The predicted molar refractivity (Wildman–Crippen MR) is 65.9 cm³/mol. The van der Waals surface area contributed by atoms with Crippen molar-refractivity contribution in [2.75, 3.05) is 6.54 Å². The van der Waals surface area contributed by atoms with Gasteiger partial charge in [0.15, 0.2) is 0 Å². The van der Waals surface area contributed by atoms with Gasteiger partial charge in [0, 0.05) is 17.3 Å². The predicted octanol–water partition coefficient (Wildman–Crippen LogP) is 2.13. The average molecular weight is 298 g/mol. The Balaban J connectivity index is 2.17. The summed E-state index contributed by atoms with van der Waals surface area (Å²) in [5.41, 5.74) is 0.595. The molecule has 0 atom stereocenters. The van der Waals surface area contributed by atoms with Crippen LogP contribution < -0.4 is 5.32 Å². The van der Waals surface area contributed by atoms with E-state index in [1.54, 1.807) is 0 Å². The first kappa shape index (κ1) is 14.7. The lowest BCUT2D eigenvalue weighted by molar-refractivity contribution is -0.159. The molecule has 6 nitrogen and oxygen atoms in total. The van der Waals surface area contributed by atoms with Crippen molar-refractivity contribution in [2.45, 2.75) is 6.18 Å². The summed E-state index contributed by atoms with van der Waals surface area (Å²) in [5, 5.41) is 12.5. The van der Waals surface area contributed by atoms with Crippen LogP contribution in [0.1, 0.15) is 16.2 Å².